The number of nitrogens with two attached hydrogens (primary N) is 1. The maximum atomic E-state index is 10.8. The molecule has 1 heterocycles. The number of hydrogen-bond donors (Lipinski definition) is 4. The van der Waals surface area contributed by atoms with Gasteiger partial charge >= 0.3 is 0 Å². The lowest BCUT2D eigenvalue weighted by Crippen LogP contribution is -2.65. The Kier molecular flexibility index (Phi) is 3.43. The van der Waals surface area contributed by atoms with Crippen molar-refractivity contribution < 1.29 is 19.7 Å². The van der Waals surface area contributed by atoms with Crippen LogP contribution in [0.5, 0.6) is 0 Å². The molecule has 14 heavy (non-hydrogen) atoms. The molecule has 1 rings (SSSR count). The van der Waals surface area contributed by atoms with E-state index in [2.05, 4.69) is 5.32 Å². The minimum Gasteiger partial charge on any atom is -0.389 e. The number of nitrogens with one attached hydrogen (secondary N) is 1. The van der Waals surface area contributed by atoms with Crippen LogP contribution < -0.4 is 11.1 Å². The fourth-order valence-electron chi connectivity index (χ4n) is 1.47. The van der Waals surface area contributed by atoms with Gasteiger partial charge in [0.15, 0.2) is 6.29 Å². The monoisotopic (exact) mass is 204 g/mol. The average Bonchev–Trinajstić information content (AvgIpc) is 2.09. The van der Waals surface area contributed by atoms with Crippen molar-refractivity contribution in [2.45, 2.75) is 44.4 Å². The van der Waals surface area contributed by atoms with Crippen LogP contribution in [0.1, 0.15) is 13.8 Å². The number of hydrogen-bond acceptors (Lipinski definition) is 5. The molecule has 0 aromatic rings. The van der Waals surface area contributed by atoms with Crippen molar-refractivity contribution in [3.05, 3.63) is 0 Å². The molecule has 82 valence electrons. The number of ether oxygens (including phenoxy) is 1. The molecule has 0 radical (unpaired) electrons. The van der Waals surface area contributed by atoms with E-state index in [0.717, 1.165) is 0 Å². The van der Waals surface area contributed by atoms with Crippen molar-refractivity contribution in [3.8, 4) is 0 Å². The van der Waals surface area contributed by atoms with Gasteiger partial charge in [0.2, 0.25) is 5.91 Å². The van der Waals surface area contributed by atoms with Crippen LogP contribution in [-0.4, -0.2) is 46.7 Å². The Hall–Kier alpha value is -0.690. The van der Waals surface area contributed by atoms with Gasteiger partial charge in [-0.3, -0.25) is 4.79 Å². The van der Waals surface area contributed by atoms with Crippen molar-refractivity contribution in [1.82, 2.24) is 5.32 Å². The number of rotatable bonds is 1. The van der Waals surface area contributed by atoms with Crippen LogP contribution >= 0.6 is 0 Å². The first-order valence-corrected chi connectivity index (χ1v) is 4.47. The molecule has 1 aliphatic heterocycles. The first-order valence-electron chi connectivity index (χ1n) is 4.47. The molecule has 6 heteroatoms. The Morgan fingerprint density at radius 2 is 2.07 bits per heavy atom. The summed E-state index contributed by atoms with van der Waals surface area (Å²) in [5, 5.41) is 21.5. The summed E-state index contributed by atoms with van der Waals surface area (Å²) >= 11 is 0. The van der Waals surface area contributed by atoms with Crippen LogP contribution in [-0.2, 0) is 9.53 Å². The van der Waals surface area contributed by atoms with Gasteiger partial charge in [0, 0.05) is 6.92 Å². The summed E-state index contributed by atoms with van der Waals surface area (Å²) in [7, 11) is 0. The number of aliphatic hydroxyl groups is 2. The molecule has 0 aliphatic carbocycles. The highest BCUT2D eigenvalue weighted by Crippen LogP contribution is 2.17. The zero-order chi connectivity index (χ0) is 10.9. The lowest BCUT2D eigenvalue weighted by molar-refractivity contribution is -0.210. The number of carbonyl (C=O) groups is 1. The van der Waals surface area contributed by atoms with E-state index in [9.17, 15) is 15.0 Å². The second kappa shape index (κ2) is 4.22. The third-order valence-electron chi connectivity index (χ3n) is 2.34. The Balaban J connectivity index is 2.68. The molecule has 1 amide bonds. The molecule has 1 fully saturated rings. The van der Waals surface area contributed by atoms with E-state index in [1.54, 1.807) is 6.92 Å². The molecule has 0 aromatic carbocycles. The molecule has 0 spiro atoms. The fraction of sp³-hybridized carbons (Fsp3) is 0.875. The molecule has 0 aromatic heterocycles. The quantitative estimate of drug-likeness (QED) is 0.392. The van der Waals surface area contributed by atoms with Crippen LogP contribution in [0.15, 0.2) is 0 Å². The molecule has 5 atom stereocenters. The number of amides is 1. The fourth-order valence-corrected chi connectivity index (χ4v) is 1.47. The van der Waals surface area contributed by atoms with Gasteiger partial charge in [-0.15, -0.1) is 0 Å². The highest BCUT2D eigenvalue weighted by Gasteiger charge is 2.41. The summed E-state index contributed by atoms with van der Waals surface area (Å²) in [4.78, 5) is 10.8. The molecule has 1 saturated heterocycles. The van der Waals surface area contributed by atoms with Gasteiger partial charge in [-0.25, -0.2) is 0 Å². The van der Waals surface area contributed by atoms with Gasteiger partial charge in [-0.1, -0.05) is 0 Å². The van der Waals surface area contributed by atoms with Crippen molar-refractivity contribution in [1.29, 1.82) is 0 Å². The summed E-state index contributed by atoms with van der Waals surface area (Å²) in [6, 6.07) is -1.48. The number of carbonyl (C=O) groups excluding carboxylic acids is 1. The van der Waals surface area contributed by atoms with E-state index in [1.165, 1.54) is 6.92 Å². The van der Waals surface area contributed by atoms with Crippen LogP contribution in [0, 0.1) is 0 Å². The highest BCUT2D eigenvalue weighted by molar-refractivity contribution is 5.73. The summed E-state index contributed by atoms with van der Waals surface area (Å²) in [5.41, 5.74) is 5.61. The average molecular weight is 204 g/mol. The van der Waals surface area contributed by atoms with Gasteiger partial charge in [-0.05, 0) is 6.92 Å². The third kappa shape index (κ3) is 2.21. The van der Waals surface area contributed by atoms with Crippen LogP contribution in [0.2, 0.25) is 0 Å². The zero-order valence-corrected chi connectivity index (χ0v) is 8.18. The van der Waals surface area contributed by atoms with Crippen molar-refractivity contribution in [2.24, 2.45) is 5.73 Å². The van der Waals surface area contributed by atoms with Crippen LogP contribution in [0.3, 0.4) is 0 Å². The molecule has 1 aliphatic rings. The van der Waals surface area contributed by atoms with Crippen molar-refractivity contribution in [3.63, 3.8) is 0 Å². The molecule has 0 unspecified atom stereocenters. The summed E-state index contributed by atoms with van der Waals surface area (Å²) < 4.78 is 5.04. The van der Waals surface area contributed by atoms with E-state index in [1.807, 2.05) is 0 Å². The first-order chi connectivity index (χ1) is 6.43. The summed E-state index contributed by atoms with van der Waals surface area (Å²) in [6.45, 7) is 2.95. The van der Waals surface area contributed by atoms with Crippen LogP contribution in [0.4, 0.5) is 0 Å². The lowest BCUT2D eigenvalue weighted by Gasteiger charge is -2.40. The normalized spacial score (nSPS) is 43.4. The molecule has 0 saturated carbocycles. The van der Waals surface area contributed by atoms with Crippen LogP contribution in [0.25, 0.3) is 0 Å². The Morgan fingerprint density at radius 3 is 2.57 bits per heavy atom. The Morgan fingerprint density at radius 1 is 1.50 bits per heavy atom. The minimum absolute atomic E-state index is 0.349. The zero-order valence-electron chi connectivity index (χ0n) is 8.18. The first kappa shape index (κ1) is 11.4. The van der Waals surface area contributed by atoms with Gasteiger partial charge in [0.25, 0.3) is 0 Å². The number of aliphatic hydroxyl groups excluding tert-OH is 2. The maximum absolute atomic E-state index is 10.8. The van der Waals surface area contributed by atoms with E-state index in [0.29, 0.717) is 0 Å². The second-order valence-electron chi connectivity index (χ2n) is 3.53. The maximum Gasteiger partial charge on any atom is 0.217 e. The van der Waals surface area contributed by atoms with Gasteiger partial charge in [0.1, 0.15) is 6.04 Å². The van der Waals surface area contributed by atoms with E-state index in [4.69, 9.17) is 10.5 Å². The SMILES string of the molecule is CC(=O)N[C@@H]1[C@@H](O)[C@H](N)[C@@H](C)O[C@@H]1O. The molecule has 0 bridgehead atoms. The molecule has 5 N–H and O–H groups in total. The minimum atomic E-state index is -1.22. The highest BCUT2D eigenvalue weighted by atomic mass is 16.6. The smallest absolute Gasteiger partial charge is 0.217 e. The third-order valence-corrected chi connectivity index (χ3v) is 2.34. The Labute approximate surface area is 82.0 Å². The second-order valence-corrected chi connectivity index (χ2v) is 3.53. The van der Waals surface area contributed by atoms with E-state index in [-0.39, 0.29) is 5.91 Å². The van der Waals surface area contributed by atoms with E-state index >= 15 is 0 Å². The van der Waals surface area contributed by atoms with Gasteiger partial charge in [0.05, 0.1) is 18.2 Å². The topological polar surface area (TPSA) is 105 Å². The molecule has 6 nitrogen and oxygen atoms in total. The van der Waals surface area contributed by atoms with Crippen molar-refractivity contribution >= 4 is 5.91 Å². The van der Waals surface area contributed by atoms with Gasteiger partial charge in [-0.2, -0.15) is 0 Å². The summed E-state index contributed by atoms with van der Waals surface area (Å²) in [5.74, 6) is -0.349. The van der Waals surface area contributed by atoms with E-state index < -0.39 is 30.6 Å². The predicted molar refractivity (Wildman–Crippen MR) is 48.1 cm³/mol. The largest absolute Gasteiger partial charge is 0.389 e. The lowest BCUT2D eigenvalue weighted by atomic mass is 9.96. The molecular weight excluding hydrogens is 188 g/mol. The Bertz CT molecular complexity index is 223. The summed E-state index contributed by atoms with van der Waals surface area (Å²) in [6.07, 6.45) is -2.66. The molecular formula is C8H16N2O4. The predicted octanol–water partition coefficient (Wildman–Crippen LogP) is -2.08. The standard InChI is InChI=1S/C8H16N2O4/c1-3-5(9)7(12)6(8(13)14-3)10-4(2)11/h3,5-8,12-13H,9H2,1-2H3,(H,10,11)/t3-,5-,6-,7+,8+/m1/s1. The van der Waals surface area contributed by atoms with Gasteiger partial charge < -0.3 is 26.0 Å². The van der Waals surface area contributed by atoms with Crippen molar-refractivity contribution in [2.75, 3.05) is 0 Å².